The van der Waals surface area contributed by atoms with Crippen LogP contribution < -0.4 is 5.73 Å². The average Bonchev–Trinajstić information content (AvgIpc) is 2.42. The Morgan fingerprint density at radius 1 is 1.40 bits per heavy atom. The van der Waals surface area contributed by atoms with Gasteiger partial charge in [-0.2, -0.15) is 0 Å². The molecule has 1 rings (SSSR count). The van der Waals surface area contributed by atoms with Gasteiger partial charge in [-0.25, -0.2) is 8.78 Å². The number of carbonyl (C=O) groups is 1. The highest BCUT2D eigenvalue weighted by atomic mass is 19.2. The maximum absolute atomic E-state index is 13.1. The Morgan fingerprint density at radius 3 is 2.65 bits per heavy atom. The fourth-order valence-corrected chi connectivity index (χ4v) is 1.73. The van der Waals surface area contributed by atoms with Crippen LogP contribution in [0.4, 0.5) is 8.78 Å². The number of carbonyl (C=O) groups excluding carboxylic acids is 1. The summed E-state index contributed by atoms with van der Waals surface area (Å²) >= 11 is 0. The second-order valence-corrected chi connectivity index (χ2v) is 4.33. The highest BCUT2D eigenvalue weighted by Gasteiger charge is 2.15. The molecule has 0 aliphatic carbocycles. The lowest BCUT2D eigenvalue weighted by atomic mass is 10.1. The van der Waals surface area contributed by atoms with E-state index >= 15 is 0 Å². The lowest BCUT2D eigenvalue weighted by Crippen LogP contribution is -2.39. The Hall–Kier alpha value is -2.18. The number of rotatable bonds is 6. The first-order valence-corrected chi connectivity index (χ1v) is 6.16. The summed E-state index contributed by atoms with van der Waals surface area (Å²) in [5, 5.41) is 11.3. The third-order valence-electron chi connectivity index (χ3n) is 2.67. The van der Waals surface area contributed by atoms with Gasteiger partial charge in [0, 0.05) is 6.54 Å². The first kappa shape index (κ1) is 15.9. The van der Waals surface area contributed by atoms with Gasteiger partial charge in [-0.05, 0) is 24.1 Å². The normalized spacial score (nSPS) is 11.4. The zero-order chi connectivity index (χ0) is 15.1. The predicted molar refractivity (Wildman–Crippen MR) is 70.3 cm³/mol. The molecule has 1 aromatic rings. The van der Waals surface area contributed by atoms with Crippen molar-refractivity contribution < 1.29 is 18.8 Å². The van der Waals surface area contributed by atoms with Crippen LogP contribution in [0.15, 0.2) is 23.4 Å². The number of halogens is 2. The molecule has 0 fully saturated rings. The second-order valence-electron chi connectivity index (χ2n) is 4.33. The molecule has 1 amide bonds. The number of nitrogens with two attached hydrogens (primary N) is 1. The SMILES string of the molecule is CCCN(C/C(N)=N/O)C(=O)Cc1ccc(F)c(F)c1. The molecule has 0 bridgehead atoms. The molecule has 7 heteroatoms. The van der Waals surface area contributed by atoms with E-state index in [-0.39, 0.29) is 24.7 Å². The molecule has 0 saturated heterocycles. The summed E-state index contributed by atoms with van der Waals surface area (Å²) in [6, 6.07) is 3.32. The van der Waals surface area contributed by atoms with Gasteiger partial charge in [0.15, 0.2) is 17.5 Å². The zero-order valence-electron chi connectivity index (χ0n) is 11.1. The van der Waals surface area contributed by atoms with E-state index in [4.69, 9.17) is 10.9 Å². The average molecular weight is 285 g/mol. The summed E-state index contributed by atoms with van der Waals surface area (Å²) in [4.78, 5) is 13.5. The van der Waals surface area contributed by atoms with E-state index in [1.165, 1.54) is 11.0 Å². The summed E-state index contributed by atoms with van der Waals surface area (Å²) in [6.45, 7) is 2.30. The van der Waals surface area contributed by atoms with Crippen LogP contribution in [0.1, 0.15) is 18.9 Å². The van der Waals surface area contributed by atoms with Crippen LogP contribution in [-0.2, 0) is 11.2 Å². The van der Waals surface area contributed by atoms with E-state index in [9.17, 15) is 13.6 Å². The Labute approximate surface area is 115 Å². The van der Waals surface area contributed by atoms with Gasteiger partial charge < -0.3 is 15.8 Å². The summed E-state index contributed by atoms with van der Waals surface area (Å²) in [7, 11) is 0. The van der Waals surface area contributed by atoms with Gasteiger partial charge in [0.1, 0.15) is 0 Å². The van der Waals surface area contributed by atoms with Crippen LogP contribution in [0.2, 0.25) is 0 Å². The lowest BCUT2D eigenvalue weighted by Gasteiger charge is -2.21. The van der Waals surface area contributed by atoms with E-state index < -0.39 is 11.6 Å². The third-order valence-corrected chi connectivity index (χ3v) is 2.67. The van der Waals surface area contributed by atoms with Gasteiger partial charge in [0.25, 0.3) is 0 Å². The van der Waals surface area contributed by atoms with E-state index in [1.807, 2.05) is 6.92 Å². The van der Waals surface area contributed by atoms with Crippen LogP contribution in [0.3, 0.4) is 0 Å². The summed E-state index contributed by atoms with van der Waals surface area (Å²) in [5.74, 6) is -2.33. The zero-order valence-corrected chi connectivity index (χ0v) is 11.1. The molecule has 0 spiro atoms. The van der Waals surface area contributed by atoms with Crippen LogP contribution >= 0.6 is 0 Å². The van der Waals surface area contributed by atoms with Gasteiger partial charge in [-0.15, -0.1) is 0 Å². The number of amides is 1. The topological polar surface area (TPSA) is 78.9 Å². The molecule has 0 aliphatic rings. The largest absolute Gasteiger partial charge is 0.409 e. The number of benzene rings is 1. The van der Waals surface area contributed by atoms with Crippen molar-refractivity contribution in [2.24, 2.45) is 10.9 Å². The fraction of sp³-hybridized carbons (Fsp3) is 0.385. The second kappa shape index (κ2) is 7.42. The van der Waals surface area contributed by atoms with Crippen LogP contribution in [0.5, 0.6) is 0 Å². The number of amidine groups is 1. The van der Waals surface area contributed by atoms with E-state index in [1.54, 1.807) is 0 Å². The smallest absolute Gasteiger partial charge is 0.227 e. The Morgan fingerprint density at radius 2 is 2.10 bits per heavy atom. The van der Waals surface area contributed by atoms with Crippen molar-refractivity contribution in [3.63, 3.8) is 0 Å². The van der Waals surface area contributed by atoms with Crippen LogP contribution in [0, 0.1) is 11.6 Å². The minimum Gasteiger partial charge on any atom is -0.409 e. The molecule has 0 atom stereocenters. The van der Waals surface area contributed by atoms with E-state index in [2.05, 4.69) is 5.16 Å². The highest BCUT2D eigenvalue weighted by molar-refractivity contribution is 5.87. The van der Waals surface area contributed by atoms with Crippen molar-refractivity contribution in [1.29, 1.82) is 0 Å². The minimum atomic E-state index is -0.992. The monoisotopic (exact) mass is 285 g/mol. The number of hydrogen-bond donors (Lipinski definition) is 2. The van der Waals surface area contributed by atoms with Crippen molar-refractivity contribution in [2.45, 2.75) is 19.8 Å². The Kier molecular flexibility index (Phi) is 5.89. The Bertz CT molecular complexity index is 506. The van der Waals surface area contributed by atoms with Crippen molar-refractivity contribution >= 4 is 11.7 Å². The lowest BCUT2D eigenvalue weighted by molar-refractivity contribution is -0.129. The molecule has 5 nitrogen and oxygen atoms in total. The van der Waals surface area contributed by atoms with Crippen molar-refractivity contribution in [2.75, 3.05) is 13.1 Å². The van der Waals surface area contributed by atoms with Gasteiger partial charge in [-0.3, -0.25) is 4.79 Å². The molecule has 1 aromatic carbocycles. The van der Waals surface area contributed by atoms with E-state index in [0.717, 1.165) is 12.1 Å². The molecule has 110 valence electrons. The first-order chi connectivity index (χ1) is 9.47. The molecule has 0 unspecified atom stereocenters. The van der Waals surface area contributed by atoms with Crippen LogP contribution in [0.25, 0.3) is 0 Å². The van der Waals surface area contributed by atoms with Gasteiger partial charge in [0.2, 0.25) is 5.91 Å². The molecule has 3 N–H and O–H groups in total. The maximum atomic E-state index is 13.1. The quantitative estimate of drug-likeness (QED) is 0.360. The van der Waals surface area contributed by atoms with Gasteiger partial charge >= 0.3 is 0 Å². The number of nitrogens with zero attached hydrogens (tertiary/aromatic N) is 2. The molecule has 0 aliphatic heterocycles. The van der Waals surface area contributed by atoms with Gasteiger partial charge in [0.05, 0.1) is 13.0 Å². The van der Waals surface area contributed by atoms with Crippen molar-refractivity contribution in [1.82, 2.24) is 4.90 Å². The molecule has 0 saturated carbocycles. The molecule has 20 heavy (non-hydrogen) atoms. The number of hydrogen-bond acceptors (Lipinski definition) is 3. The molecule has 0 radical (unpaired) electrons. The molecular weight excluding hydrogens is 268 g/mol. The number of oxime groups is 1. The Balaban J connectivity index is 2.76. The summed E-state index contributed by atoms with van der Waals surface area (Å²) in [6.07, 6.45) is 0.623. The van der Waals surface area contributed by atoms with Crippen LogP contribution in [-0.4, -0.2) is 34.9 Å². The minimum absolute atomic E-state index is 0.00709. The summed E-state index contributed by atoms with van der Waals surface area (Å²) < 4.78 is 25.9. The highest BCUT2D eigenvalue weighted by Crippen LogP contribution is 2.10. The van der Waals surface area contributed by atoms with E-state index in [0.29, 0.717) is 18.5 Å². The predicted octanol–water partition coefficient (Wildman–Crippen LogP) is 1.49. The fourth-order valence-electron chi connectivity index (χ4n) is 1.73. The molecule has 0 heterocycles. The standard InChI is InChI=1S/C13H17F2N3O2/c1-2-5-18(8-12(16)17-20)13(19)7-9-3-4-10(14)11(15)6-9/h3-4,6,20H,2,5,7-8H2,1H3,(H2,16,17). The maximum Gasteiger partial charge on any atom is 0.227 e. The van der Waals surface area contributed by atoms with Crippen molar-refractivity contribution in [3.05, 3.63) is 35.4 Å². The summed E-state index contributed by atoms with van der Waals surface area (Å²) in [5.41, 5.74) is 5.75. The molecular formula is C13H17F2N3O2. The van der Waals surface area contributed by atoms with Crippen molar-refractivity contribution in [3.8, 4) is 0 Å². The first-order valence-electron chi connectivity index (χ1n) is 6.16. The molecule has 0 aromatic heterocycles. The van der Waals surface area contributed by atoms with Gasteiger partial charge in [-0.1, -0.05) is 18.1 Å². The third kappa shape index (κ3) is 4.49.